The molecule has 0 saturated carbocycles. The number of hydrogen-bond donors (Lipinski definition) is 0. The molecule has 2 aromatic carbocycles. The van der Waals surface area contributed by atoms with E-state index in [2.05, 4.69) is 0 Å². The number of rotatable bonds is 2. The molecule has 1 amide bonds. The normalized spacial score (nSPS) is 17.6. The Morgan fingerprint density at radius 1 is 1.04 bits per heavy atom. The number of carbonyl (C=O) groups is 1. The molecule has 3 aliphatic heterocycles. The number of hydrogen-bond acceptors (Lipinski definition) is 6. The fourth-order valence-corrected chi connectivity index (χ4v) is 3.63. The van der Waals surface area contributed by atoms with Crippen LogP contribution in [0.4, 0.5) is 4.79 Å². The lowest BCUT2D eigenvalue weighted by Crippen LogP contribution is -2.35. The Kier molecular flexibility index (Phi) is 4.00. The van der Waals surface area contributed by atoms with E-state index in [1.807, 2.05) is 36.4 Å². The summed E-state index contributed by atoms with van der Waals surface area (Å²) >= 11 is 0. The molecule has 0 aliphatic carbocycles. The van der Waals surface area contributed by atoms with Gasteiger partial charge in [0.1, 0.15) is 0 Å². The Morgan fingerprint density at radius 3 is 2.54 bits per heavy atom. The van der Waals surface area contributed by atoms with E-state index in [1.54, 1.807) is 11.8 Å². The number of fused-ring (bicyclic) bond motifs is 3. The van der Waals surface area contributed by atoms with Gasteiger partial charge in [0.25, 0.3) is 0 Å². The fourth-order valence-electron chi connectivity index (χ4n) is 3.63. The van der Waals surface area contributed by atoms with Crippen LogP contribution in [-0.2, 0) is 11.2 Å². The van der Waals surface area contributed by atoms with Gasteiger partial charge < -0.3 is 23.7 Å². The minimum atomic E-state index is -0.363. The summed E-state index contributed by atoms with van der Waals surface area (Å²) in [5.41, 5.74) is 3.70. The van der Waals surface area contributed by atoms with Gasteiger partial charge >= 0.3 is 6.09 Å². The maximum absolute atomic E-state index is 12.6. The van der Waals surface area contributed by atoms with Crippen LogP contribution in [0, 0.1) is 0 Å². The van der Waals surface area contributed by atoms with Crippen molar-refractivity contribution in [1.82, 2.24) is 4.90 Å². The number of benzene rings is 2. The van der Waals surface area contributed by atoms with Gasteiger partial charge in [0.2, 0.25) is 13.6 Å². The Bertz CT molecular complexity index is 983. The molecule has 0 saturated heterocycles. The zero-order valence-corrected chi connectivity index (χ0v) is 15.4. The van der Waals surface area contributed by atoms with Gasteiger partial charge in [0, 0.05) is 12.1 Å². The molecule has 0 fully saturated rings. The molecule has 144 valence electrons. The third kappa shape index (κ3) is 2.79. The topological polar surface area (TPSA) is 66.5 Å². The van der Waals surface area contributed by atoms with Crippen molar-refractivity contribution in [2.24, 2.45) is 0 Å². The van der Waals surface area contributed by atoms with Crippen LogP contribution in [0.5, 0.6) is 23.0 Å². The predicted octanol–water partition coefficient (Wildman–Crippen LogP) is 3.66. The SMILES string of the molecule is CCOC(=O)N1CCc2cc3c(cc2/C1=C\c1ccc2c(c1)OCO2)OCO3. The Labute approximate surface area is 162 Å². The van der Waals surface area contributed by atoms with E-state index >= 15 is 0 Å². The second-order valence-electron chi connectivity index (χ2n) is 6.61. The first-order valence-corrected chi connectivity index (χ1v) is 9.21. The van der Waals surface area contributed by atoms with Crippen LogP contribution in [0.15, 0.2) is 30.3 Å². The minimum Gasteiger partial charge on any atom is -0.454 e. The van der Waals surface area contributed by atoms with Gasteiger partial charge in [-0.3, -0.25) is 4.90 Å². The summed E-state index contributed by atoms with van der Waals surface area (Å²) in [5, 5.41) is 0. The largest absolute Gasteiger partial charge is 0.454 e. The molecule has 0 aromatic heterocycles. The summed E-state index contributed by atoms with van der Waals surface area (Å²) < 4.78 is 27.2. The Hall–Kier alpha value is -3.35. The van der Waals surface area contributed by atoms with Gasteiger partial charge in [-0.1, -0.05) is 6.07 Å². The van der Waals surface area contributed by atoms with Crippen LogP contribution >= 0.6 is 0 Å². The number of amides is 1. The first kappa shape index (κ1) is 16.8. The van der Waals surface area contributed by atoms with Gasteiger partial charge in [0.05, 0.1) is 12.3 Å². The maximum atomic E-state index is 12.6. The standard InChI is InChI=1S/C21H19NO6/c1-2-24-21(23)22-6-5-14-9-19-20(28-12-27-19)10-15(14)16(22)7-13-3-4-17-18(8-13)26-11-25-17/h3-4,7-10H,2,5-6,11-12H2,1H3/b16-7+. The molecular formula is C21H19NO6. The predicted molar refractivity (Wildman–Crippen MR) is 100 cm³/mol. The average molecular weight is 381 g/mol. The summed E-state index contributed by atoms with van der Waals surface area (Å²) in [6.07, 6.45) is 2.31. The van der Waals surface area contributed by atoms with Gasteiger partial charge in [-0.05, 0) is 54.8 Å². The molecular weight excluding hydrogens is 362 g/mol. The van der Waals surface area contributed by atoms with Crippen LogP contribution in [0.3, 0.4) is 0 Å². The van der Waals surface area contributed by atoms with Crippen LogP contribution in [-0.4, -0.2) is 37.7 Å². The fraction of sp³-hybridized carbons (Fsp3) is 0.286. The van der Waals surface area contributed by atoms with Crippen molar-refractivity contribution in [2.45, 2.75) is 13.3 Å². The van der Waals surface area contributed by atoms with Gasteiger partial charge in [-0.25, -0.2) is 4.79 Å². The molecule has 0 atom stereocenters. The molecule has 3 heterocycles. The van der Waals surface area contributed by atoms with Crippen molar-refractivity contribution < 1.29 is 28.5 Å². The van der Waals surface area contributed by atoms with Crippen LogP contribution in [0.1, 0.15) is 23.6 Å². The van der Waals surface area contributed by atoms with Crippen molar-refractivity contribution in [3.05, 3.63) is 47.0 Å². The number of nitrogens with zero attached hydrogens (tertiary/aromatic N) is 1. The highest BCUT2D eigenvalue weighted by Crippen LogP contribution is 2.41. The van der Waals surface area contributed by atoms with Crippen molar-refractivity contribution in [2.75, 3.05) is 26.7 Å². The molecule has 0 unspecified atom stereocenters. The summed E-state index contributed by atoms with van der Waals surface area (Å²) in [4.78, 5) is 14.3. The summed E-state index contributed by atoms with van der Waals surface area (Å²) in [7, 11) is 0. The lowest BCUT2D eigenvalue weighted by molar-refractivity contribution is 0.125. The second-order valence-corrected chi connectivity index (χ2v) is 6.61. The van der Waals surface area contributed by atoms with Gasteiger partial charge in [-0.15, -0.1) is 0 Å². The third-order valence-electron chi connectivity index (χ3n) is 4.96. The van der Waals surface area contributed by atoms with Crippen molar-refractivity contribution in [3.63, 3.8) is 0 Å². The highest BCUT2D eigenvalue weighted by molar-refractivity contribution is 5.92. The number of carbonyl (C=O) groups excluding carboxylic acids is 1. The molecule has 7 heteroatoms. The van der Waals surface area contributed by atoms with Crippen LogP contribution in [0.2, 0.25) is 0 Å². The first-order valence-electron chi connectivity index (χ1n) is 9.21. The minimum absolute atomic E-state index is 0.209. The Balaban J connectivity index is 1.61. The molecule has 0 radical (unpaired) electrons. The summed E-state index contributed by atoms with van der Waals surface area (Å²) in [6.45, 7) is 3.08. The van der Waals surface area contributed by atoms with E-state index < -0.39 is 0 Å². The van der Waals surface area contributed by atoms with E-state index in [4.69, 9.17) is 23.7 Å². The highest BCUT2D eigenvalue weighted by Gasteiger charge is 2.30. The second kappa shape index (κ2) is 6.67. The highest BCUT2D eigenvalue weighted by atomic mass is 16.7. The summed E-state index contributed by atoms with van der Waals surface area (Å²) in [5.74, 6) is 2.84. The molecule has 0 N–H and O–H groups in total. The monoisotopic (exact) mass is 381 g/mol. The van der Waals surface area contributed by atoms with E-state index in [-0.39, 0.29) is 19.7 Å². The zero-order chi connectivity index (χ0) is 19.1. The lowest BCUT2D eigenvalue weighted by Gasteiger charge is -2.31. The lowest BCUT2D eigenvalue weighted by atomic mass is 9.94. The van der Waals surface area contributed by atoms with E-state index in [1.165, 1.54) is 0 Å². The molecule has 3 aliphatic rings. The van der Waals surface area contributed by atoms with Crippen LogP contribution < -0.4 is 18.9 Å². The van der Waals surface area contributed by atoms with Crippen molar-refractivity contribution >= 4 is 17.9 Å². The van der Waals surface area contributed by atoms with Crippen molar-refractivity contribution in [3.8, 4) is 23.0 Å². The third-order valence-corrected chi connectivity index (χ3v) is 4.96. The summed E-state index contributed by atoms with van der Waals surface area (Å²) in [6, 6.07) is 9.63. The maximum Gasteiger partial charge on any atom is 0.414 e. The van der Waals surface area contributed by atoms with Gasteiger partial charge in [0.15, 0.2) is 23.0 Å². The Morgan fingerprint density at radius 2 is 1.75 bits per heavy atom. The van der Waals surface area contributed by atoms with E-state index in [0.29, 0.717) is 31.1 Å². The average Bonchev–Trinajstić information content (AvgIpc) is 3.35. The molecule has 0 spiro atoms. The molecule has 7 nitrogen and oxygen atoms in total. The molecule has 2 aromatic rings. The van der Waals surface area contributed by atoms with Gasteiger partial charge in [-0.2, -0.15) is 0 Å². The van der Waals surface area contributed by atoms with E-state index in [0.717, 1.165) is 33.9 Å². The quantitative estimate of drug-likeness (QED) is 0.791. The smallest absolute Gasteiger partial charge is 0.414 e. The van der Waals surface area contributed by atoms with E-state index in [9.17, 15) is 4.79 Å². The zero-order valence-electron chi connectivity index (χ0n) is 15.4. The molecule has 0 bridgehead atoms. The molecule has 5 rings (SSSR count). The molecule has 28 heavy (non-hydrogen) atoms. The number of ether oxygens (including phenoxy) is 5. The van der Waals surface area contributed by atoms with Crippen molar-refractivity contribution in [1.29, 1.82) is 0 Å². The first-order chi connectivity index (χ1) is 13.7. The van der Waals surface area contributed by atoms with Crippen LogP contribution in [0.25, 0.3) is 11.8 Å².